The SMILES string of the molecule is CCC[C@H](CC(=O)[C@H](NC(=O)[C@@H](Cc1ccc(O)cc1)NCCOc1ccccc1/C=C/CNC(C)=O)C(C)C)C(N)=O. The molecule has 0 spiro atoms. The predicted octanol–water partition coefficient (Wildman–Crippen LogP) is 3.12. The maximum absolute atomic E-state index is 13.5. The molecule has 0 aromatic heterocycles. The standard InChI is InChI=1S/C33H46N4O6/c1-5-9-26(32(34)41)21-29(40)31(22(2)3)37-33(42)28(20-24-13-15-27(39)16-14-24)36-18-19-43-30-12-7-6-10-25(30)11-8-17-35-23(4)38/h6-8,10-16,22,26,28,31,36,39H,5,9,17-21H2,1-4H3,(H2,34,41)(H,35,38)(H,37,42)/b11-8+/t26-,28-,31-/m1/s1. The smallest absolute Gasteiger partial charge is 0.238 e. The molecule has 0 aliphatic carbocycles. The van der Waals surface area contributed by atoms with Gasteiger partial charge in [-0.25, -0.2) is 0 Å². The Balaban J connectivity index is 2.10. The van der Waals surface area contributed by atoms with Gasteiger partial charge in [0.25, 0.3) is 0 Å². The van der Waals surface area contributed by atoms with Gasteiger partial charge in [0.1, 0.15) is 18.1 Å². The van der Waals surface area contributed by atoms with Crippen LogP contribution in [0.3, 0.4) is 0 Å². The van der Waals surface area contributed by atoms with Crippen molar-refractivity contribution in [3.05, 3.63) is 65.7 Å². The number of phenolic OH excluding ortho intramolecular Hbond substituents is 1. The van der Waals surface area contributed by atoms with Gasteiger partial charge in [0, 0.05) is 37.9 Å². The van der Waals surface area contributed by atoms with Gasteiger partial charge in [-0.1, -0.05) is 69.7 Å². The van der Waals surface area contributed by atoms with Gasteiger partial charge >= 0.3 is 0 Å². The average Bonchev–Trinajstić information content (AvgIpc) is 2.96. The number of phenols is 1. The van der Waals surface area contributed by atoms with Gasteiger partial charge in [0.05, 0.1) is 12.1 Å². The predicted molar refractivity (Wildman–Crippen MR) is 167 cm³/mol. The number of primary amides is 1. The molecule has 43 heavy (non-hydrogen) atoms. The fraction of sp³-hybridized carbons (Fsp3) is 0.455. The third-order valence-electron chi connectivity index (χ3n) is 6.93. The largest absolute Gasteiger partial charge is 0.508 e. The van der Waals surface area contributed by atoms with Gasteiger partial charge in [-0.05, 0) is 42.5 Å². The van der Waals surface area contributed by atoms with E-state index in [0.29, 0.717) is 31.7 Å². The number of carbonyl (C=O) groups is 4. The molecule has 2 rings (SSSR count). The summed E-state index contributed by atoms with van der Waals surface area (Å²) >= 11 is 0. The number of hydrogen-bond donors (Lipinski definition) is 5. The Morgan fingerprint density at radius 2 is 1.74 bits per heavy atom. The van der Waals surface area contributed by atoms with Crippen molar-refractivity contribution in [3.8, 4) is 11.5 Å². The van der Waals surface area contributed by atoms with E-state index in [9.17, 15) is 24.3 Å². The van der Waals surface area contributed by atoms with Gasteiger partial charge < -0.3 is 31.5 Å². The Hall–Kier alpha value is -4.18. The molecule has 0 saturated heterocycles. The highest BCUT2D eigenvalue weighted by molar-refractivity contribution is 5.93. The number of ether oxygens (including phenoxy) is 1. The van der Waals surface area contributed by atoms with E-state index >= 15 is 0 Å². The van der Waals surface area contributed by atoms with E-state index in [1.54, 1.807) is 24.3 Å². The number of carbonyl (C=O) groups excluding carboxylic acids is 4. The van der Waals surface area contributed by atoms with Gasteiger partial charge in [-0.2, -0.15) is 0 Å². The fourth-order valence-electron chi connectivity index (χ4n) is 4.59. The van der Waals surface area contributed by atoms with Crippen LogP contribution in [0.25, 0.3) is 6.08 Å². The topological polar surface area (TPSA) is 160 Å². The van der Waals surface area contributed by atoms with Crippen molar-refractivity contribution in [2.45, 2.75) is 65.5 Å². The highest BCUT2D eigenvalue weighted by atomic mass is 16.5. The summed E-state index contributed by atoms with van der Waals surface area (Å²) < 4.78 is 5.99. The third-order valence-corrected chi connectivity index (χ3v) is 6.93. The molecule has 0 fully saturated rings. The summed E-state index contributed by atoms with van der Waals surface area (Å²) in [5.74, 6) is -1.19. The normalized spacial score (nSPS) is 13.3. The van der Waals surface area contributed by atoms with Crippen molar-refractivity contribution in [2.75, 3.05) is 19.7 Å². The van der Waals surface area contributed by atoms with Crippen molar-refractivity contribution in [2.24, 2.45) is 17.6 Å². The van der Waals surface area contributed by atoms with Crippen molar-refractivity contribution in [3.63, 3.8) is 0 Å². The zero-order valence-corrected chi connectivity index (χ0v) is 25.6. The van der Waals surface area contributed by atoms with Crippen LogP contribution in [0.1, 0.15) is 58.1 Å². The number of aromatic hydroxyl groups is 1. The van der Waals surface area contributed by atoms with Crippen LogP contribution in [-0.2, 0) is 25.6 Å². The molecule has 0 heterocycles. The molecule has 3 amide bonds. The first-order chi connectivity index (χ1) is 20.5. The number of para-hydroxylation sites is 1. The molecule has 2 aromatic carbocycles. The summed E-state index contributed by atoms with van der Waals surface area (Å²) in [4.78, 5) is 49.7. The van der Waals surface area contributed by atoms with Gasteiger partial charge in [-0.15, -0.1) is 0 Å². The number of amides is 3. The summed E-state index contributed by atoms with van der Waals surface area (Å²) in [6.45, 7) is 8.08. The van der Waals surface area contributed by atoms with Gasteiger partial charge in [0.2, 0.25) is 17.7 Å². The lowest BCUT2D eigenvalue weighted by Crippen LogP contribution is -2.53. The lowest BCUT2D eigenvalue weighted by molar-refractivity contribution is -0.132. The molecule has 0 unspecified atom stereocenters. The first kappa shape index (κ1) is 35.0. The zero-order chi connectivity index (χ0) is 31.8. The van der Waals surface area contributed by atoms with Crippen LogP contribution in [0.4, 0.5) is 0 Å². The molecule has 0 bridgehead atoms. The Labute approximate surface area is 254 Å². The number of ketones is 1. The molecule has 3 atom stereocenters. The Bertz CT molecular complexity index is 1230. The molecule has 0 aliphatic heterocycles. The maximum Gasteiger partial charge on any atom is 0.238 e. The van der Waals surface area contributed by atoms with E-state index in [4.69, 9.17) is 10.5 Å². The maximum atomic E-state index is 13.5. The number of benzene rings is 2. The third kappa shape index (κ3) is 12.7. The molecule has 6 N–H and O–H groups in total. The summed E-state index contributed by atoms with van der Waals surface area (Å²) in [6, 6.07) is 12.6. The molecule has 0 radical (unpaired) electrons. The van der Waals surface area contributed by atoms with Gasteiger partial charge in [-0.3, -0.25) is 19.2 Å². The highest BCUT2D eigenvalue weighted by Crippen LogP contribution is 2.20. The average molecular weight is 595 g/mol. The van der Waals surface area contributed by atoms with E-state index in [2.05, 4.69) is 16.0 Å². The summed E-state index contributed by atoms with van der Waals surface area (Å²) in [7, 11) is 0. The van der Waals surface area contributed by atoms with Crippen LogP contribution >= 0.6 is 0 Å². The first-order valence-electron chi connectivity index (χ1n) is 14.8. The molecule has 10 nitrogen and oxygen atoms in total. The van der Waals surface area contributed by atoms with Gasteiger partial charge in [0.15, 0.2) is 5.78 Å². The second-order valence-corrected chi connectivity index (χ2v) is 10.9. The number of nitrogens with two attached hydrogens (primary N) is 1. The summed E-state index contributed by atoms with van der Waals surface area (Å²) in [5, 5.41) is 18.5. The molecule has 0 saturated carbocycles. The van der Waals surface area contributed by atoms with E-state index < -0.39 is 23.9 Å². The monoisotopic (exact) mass is 594 g/mol. The van der Waals surface area contributed by atoms with Crippen LogP contribution in [0.15, 0.2) is 54.6 Å². The Kier molecular flexibility index (Phi) is 15.0. The molecular weight excluding hydrogens is 548 g/mol. The highest BCUT2D eigenvalue weighted by Gasteiger charge is 2.30. The minimum absolute atomic E-state index is 0.0190. The molecule has 10 heteroatoms. The van der Waals surface area contributed by atoms with Crippen LogP contribution in [0.2, 0.25) is 0 Å². The van der Waals surface area contributed by atoms with Crippen LogP contribution in [-0.4, -0.2) is 60.4 Å². The summed E-state index contributed by atoms with van der Waals surface area (Å²) in [5.41, 5.74) is 7.19. The van der Waals surface area contributed by atoms with Crippen molar-refractivity contribution in [1.82, 2.24) is 16.0 Å². The minimum atomic E-state index is -0.775. The van der Waals surface area contributed by atoms with Crippen molar-refractivity contribution < 1.29 is 29.0 Å². The quantitative estimate of drug-likeness (QED) is 0.156. The van der Waals surface area contributed by atoms with E-state index in [1.165, 1.54) is 6.92 Å². The first-order valence-corrected chi connectivity index (χ1v) is 14.8. The number of nitrogens with one attached hydrogen (secondary N) is 3. The van der Waals surface area contributed by atoms with E-state index in [1.807, 2.05) is 57.2 Å². The van der Waals surface area contributed by atoms with Crippen LogP contribution in [0.5, 0.6) is 11.5 Å². The Morgan fingerprint density at radius 3 is 2.37 bits per heavy atom. The summed E-state index contributed by atoms with van der Waals surface area (Å²) in [6.07, 6.45) is 5.23. The van der Waals surface area contributed by atoms with Crippen LogP contribution in [0, 0.1) is 11.8 Å². The van der Waals surface area contributed by atoms with E-state index in [0.717, 1.165) is 17.5 Å². The minimum Gasteiger partial charge on any atom is -0.508 e. The zero-order valence-electron chi connectivity index (χ0n) is 25.6. The van der Waals surface area contributed by atoms with Crippen LogP contribution < -0.4 is 26.4 Å². The second kappa shape index (κ2) is 18.4. The lowest BCUT2D eigenvalue weighted by atomic mass is 9.89. The lowest BCUT2D eigenvalue weighted by Gasteiger charge is -2.26. The van der Waals surface area contributed by atoms with Crippen molar-refractivity contribution >= 4 is 29.6 Å². The number of hydrogen-bond acceptors (Lipinski definition) is 7. The van der Waals surface area contributed by atoms with Crippen molar-refractivity contribution in [1.29, 1.82) is 0 Å². The number of rotatable bonds is 19. The molecular formula is C33H46N4O6. The fourth-order valence-corrected chi connectivity index (χ4v) is 4.59. The molecule has 0 aliphatic rings. The second-order valence-electron chi connectivity index (χ2n) is 10.9. The molecule has 234 valence electrons. The molecule has 2 aromatic rings. The number of Topliss-reactive ketones (excluding diaryl/α,β-unsaturated/α-hetero) is 1. The van der Waals surface area contributed by atoms with E-state index in [-0.39, 0.29) is 42.3 Å². The Morgan fingerprint density at radius 1 is 1.05 bits per heavy atom.